The lowest BCUT2D eigenvalue weighted by molar-refractivity contribution is 0.132. The summed E-state index contributed by atoms with van der Waals surface area (Å²) in [6.07, 6.45) is 7.72. The molecule has 0 aliphatic heterocycles. The summed E-state index contributed by atoms with van der Waals surface area (Å²) in [5.74, 6) is 0. The summed E-state index contributed by atoms with van der Waals surface area (Å²) in [5.41, 5.74) is 0. The Bertz CT molecular complexity index is 470. The molecule has 0 saturated heterocycles. The lowest BCUT2D eigenvalue weighted by Gasteiger charge is -2.28. The predicted molar refractivity (Wildman–Crippen MR) is 66.7 cm³/mol. The van der Waals surface area contributed by atoms with Crippen LogP contribution in [0, 0.1) is 0 Å². The van der Waals surface area contributed by atoms with Crippen LogP contribution >= 0.6 is 0 Å². The van der Waals surface area contributed by atoms with Crippen LogP contribution < -0.4 is 9.46 Å². The normalized spacial score (nSPS) is 24.7. The molecular formula is C11H17N3O3S. The average Bonchev–Trinajstić information content (AvgIpc) is 2.31. The van der Waals surface area contributed by atoms with Crippen molar-refractivity contribution in [2.24, 2.45) is 0 Å². The molecule has 0 atom stereocenters. The standard InChI is InChI=1S/C11H17N3O3S/c1-18(15,16)14-9-3-5-10(6-4-9)17-11-12-7-2-8-13-11/h2,7-10,14H,3-6H2,1H3. The lowest BCUT2D eigenvalue weighted by atomic mass is 9.94. The van der Waals surface area contributed by atoms with E-state index in [2.05, 4.69) is 14.7 Å². The molecule has 1 aliphatic carbocycles. The maximum absolute atomic E-state index is 11.1. The maximum atomic E-state index is 11.1. The van der Waals surface area contributed by atoms with Gasteiger partial charge in [-0.05, 0) is 31.7 Å². The molecule has 100 valence electrons. The number of aromatic nitrogens is 2. The van der Waals surface area contributed by atoms with Crippen molar-refractivity contribution in [3.05, 3.63) is 18.5 Å². The third-order valence-electron chi connectivity index (χ3n) is 2.87. The molecule has 0 radical (unpaired) electrons. The second kappa shape index (κ2) is 5.62. The topological polar surface area (TPSA) is 81.2 Å². The largest absolute Gasteiger partial charge is 0.460 e. The van der Waals surface area contributed by atoms with Crippen LogP contribution in [0.2, 0.25) is 0 Å². The van der Waals surface area contributed by atoms with Crippen molar-refractivity contribution in [1.29, 1.82) is 0 Å². The van der Waals surface area contributed by atoms with Gasteiger partial charge in [-0.3, -0.25) is 0 Å². The highest BCUT2D eigenvalue weighted by Gasteiger charge is 2.24. The summed E-state index contributed by atoms with van der Waals surface area (Å²) in [7, 11) is -3.12. The van der Waals surface area contributed by atoms with Gasteiger partial charge in [-0.2, -0.15) is 0 Å². The molecule has 1 fully saturated rings. The van der Waals surface area contributed by atoms with E-state index in [9.17, 15) is 8.42 Å². The van der Waals surface area contributed by atoms with Crippen LogP contribution in [0.1, 0.15) is 25.7 Å². The van der Waals surface area contributed by atoms with E-state index >= 15 is 0 Å². The first-order valence-electron chi connectivity index (χ1n) is 5.94. The fourth-order valence-electron chi connectivity index (χ4n) is 2.10. The molecule has 1 saturated carbocycles. The predicted octanol–water partition coefficient (Wildman–Crippen LogP) is 0.716. The van der Waals surface area contributed by atoms with Crippen LogP contribution in [0.3, 0.4) is 0 Å². The molecule has 0 spiro atoms. The van der Waals surface area contributed by atoms with Gasteiger partial charge >= 0.3 is 6.01 Å². The van der Waals surface area contributed by atoms with E-state index in [4.69, 9.17) is 4.74 Å². The van der Waals surface area contributed by atoms with Crippen LogP contribution in [0.5, 0.6) is 6.01 Å². The minimum absolute atomic E-state index is 0.0246. The number of rotatable bonds is 4. The van der Waals surface area contributed by atoms with Crippen molar-refractivity contribution in [2.75, 3.05) is 6.26 Å². The average molecular weight is 271 g/mol. The van der Waals surface area contributed by atoms with E-state index < -0.39 is 10.0 Å². The molecule has 1 aliphatic rings. The first kappa shape index (κ1) is 13.2. The van der Waals surface area contributed by atoms with Crippen LogP contribution in [-0.2, 0) is 10.0 Å². The van der Waals surface area contributed by atoms with Gasteiger partial charge in [0.1, 0.15) is 6.10 Å². The fraction of sp³-hybridized carbons (Fsp3) is 0.636. The minimum Gasteiger partial charge on any atom is -0.460 e. The molecule has 0 amide bonds. The van der Waals surface area contributed by atoms with E-state index in [1.165, 1.54) is 6.26 Å². The Hall–Kier alpha value is -1.21. The van der Waals surface area contributed by atoms with Gasteiger partial charge in [0.05, 0.1) is 6.26 Å². The minimum atomic E-state index is -3.12. The van der Waals surface area contributed by atoms with Crippen LogP contribution in [0.25, 0.3) is 0 Å². The number of hydrogen-bond donors (Lipinski definition) is 1. The molecule has 0 unspecified atom stereocenters. The van der Waals surface area contributed by atoms with Gasteiger partial charge in [0.25, 0.3) is 0 Å². The Morgan fingerprint density at radius 2 is 1.83 bits per heavy atom. The summed E-state index contributed by atoms with van der Waals surface area (Å²) >= 11 is 0. The molecule has 1 N–H and O–H groups in total. The smallest absolute Gasteiger partial charge is 0.316 e. The zero-order valence-electron chi connectivity index (χ0n) is 10.2. The lowest BCUT2D eigenvalue weighted by Crippen LogP contribution is -2.39. The fourth-order valence-corrected chi connectivity index (χ4v) is 2.94. The van der Waals surface area contributed by atoms with Crippen molar-refractivity contribution in [3.63, 3.8) is 0 Å². The molecule has 18 heavy (non-hydrogen) atoms. The third-order valence-corrected chi connectivity index (χ3v) is 3.63. The Labute approximate surface area is 107 Å². The van der Waals surface area contributed by atoms with Gasteiger partial charge in [-0.25, -0.2) is 23.1 Å². The van der Waals surface area contributed by atoms with Gasteiger partial charge in [0, 0.05) is 18.4 Å². The van der Waals surface area contributed by atoms with Crippen molar-refractivity contribution < 1.29 is 13.2 Å². The van der Waals surface area contributed by atoms with Gasteiger partial charge in [-0.15, -0.1) is 0 Å². The van der Waals surface area contributed by atoms with Crippen LogP contribution in [0.15, 0.2) is 18.5 Å². The summed E-state index contributed by atoms with van der Waals surface area (Å²) in [5, 5.41) is 0. The molecular weight excluding hydrogens is 254 g/mol. The number of sulfonamides is 1. The Balaban J connectivity index is 1.80. The summed E-state index contributed by atoms with van der Waals surface area (Å²) < 4.78 is 30.5. The summed E-state index contributed by atoms with van der Waals surface area (Å²) in [6, 6.07) is 2.15. The summed E-state index contributed by atoms with van der Waals surface area (Å²) in [6.45, 7) is 0. The third kappa shape index (κ3) is 4.23. The highest BCUT2D eigenvalue weighted by atomic mass is 32.2. The number of ether oxygens (including phenoxy) is 1. The van der Waals surface area contributed by atoms with E-state index in [0.717, 1.165) is 25.7 Å². The number of nitrogens with one attached hydrogen (secondary N) is 1. The molecule has 7 heteroatoms. The van der Waals surface area contributed by atoms with Crippen molar-refractivity contribution >= 4 is 10.0 Å². The van der Waals surface area contributed by atoms with E-state index in [0.29, 0.717) is 6.01 Å². The highest BCUT2D eigenvalue weighted by Crippen LogP contribution is 2.22. The monoisotopic (exact) mass is 271 g/mol. The number of nitrogens with zero attached hydrogens (tertiary/aromatic N) is 2. The summed E-state index contributed by atoms with van der Waals surface area (Å²) in [4.78, 5) is 8.01. The van der Waals surface area contributed by atoms with Crippen molar-refractivity contribution in [1.82, 2.24) is 14.7 Å². The van der Waals surface area contributed by atoms with Gasteiger partial charge in [0.2, 0.25) is 10.0 Å². The molecule has 1 aromatic rings. The highest BCUT2D eigenvalue weighted by molar-refractivity contribution is 7.88. The van der Waals surface area contributed by atoms with E-state index in [1.54, 1.807) is 18.5 Å². The van der Waals surface area contributed by atoms with Crippen molar-refractivity contribution in [3.8, 4) is 6.01 Å². The SMILES string of the molecule is CS(=O)(=O)NC1CCC(Oc2ncccn2)CC1. The van der Waals surface area contributed by atoms with Gasteiger partial charge in [-0.1, -0.05) is 0 Å². The molecule has 1 aromatic heterocycles. The quantitative estimate of drug-likeness (QED) is 0.872. The van der Waals surface area contributed by atoms with Crippen LogP contribution in [0.4, 0.5) is 0 Å². The molecule has 1 heterocycles. The van der Waals surface area contributed by atoms with Crippen LogP contribution in [-0.4, -0.2) is 36.8 Å². The van der Waals surface area contributed by atoms with E-state index in [-0.39, 0.29) is 12.1 Å². The first-order chi connectivity index (χ1) is 8.53. The molecule has 2 rings (SSSR count). The Morgan fingerprint density at radius 3 is 2.39 bits per heavy atom. The molecule has 0 aromatic carbocycles. The van der Waals surface area contributed by atoms with E-state index in [1.807, 2.05) is 0 Å². The maximum Gasteiger partial charge on any atom is 0.316 e. The second-order valence-corrected chi connectivity index (χ2v) is 6.29. The van der Waals surface area contributed by atoms with Crippen molar-refractivity contribution in [2.45, 2.75) is 37.8 Å². The first-order valence-corrected chi connectivity index (χ1v) is 7.83. The second-order valence-electron chi connectivity index (χ2n) is 4.51. The van der Waals surface area contributed by atoms with Gasteiger partial charge < -0.3 is 4.74 Å². The van der Waals surface area contributed by atoms with Gasteiger partial charge in [0.15, 0.2) is 0 Å². The zero-order valence-corrected chi connectivity index (χ0v) is 11.1. The Morgan fingerprint density at radius 1 is 1.22 bits per heavy atom. The molecule has 0 bridgehead atoms. The zero-order chi connectivity index (χ0) is 13.0. The number of hydrogen-bond acceptors (Lipinski definition) is 5. The Kier molecular flexibility index (Phi) is 4.13. The molecule has 6 nitrogen and oxygen atoms in total.